The maximum atomic E-state index is 13.5. The number of phenolic OH excluding ortho intramolecular Hbond substituents is 1. The van der Waals surface area contributed by atoms with E-state index in [1.807, 2.05) is 62.4 Å². The molecule has 1 aliphatic heterocycles. The van der Waals surface area contributed by atoms with Crippen molar-refractivity contribution in [2.75, 3.05) is 12.0 Å². The number of aliphatic imine (C=N–C) groups is 1. The highest BCUT2D eigenvalue weighted by atomic mass is 35.5. The second-order valence-electron chi connectivity index (χ2n) is 7.26. The van der Waals surface area contributed by atoms with Crippen LogP contribution in [-0.4, -0.2) is 23.3 Å². The third kappa shape index (κ3) is 4.24. The molecule has 1 heterocycles. The predicted octanol–water partition coefficient (Wildman–Crippen LogP) is 6.48. The standard InChI is InChI=1S/C25H21ClN2O3S/c1-15-8-4-6-10-19(15)27-25-28(20-11-7-5-9-16(20)2)24(30)22(32-25)13-17-12-18(26)14-21(31-3)23(17)29/h4-14,29H,1-3H3/b22-13-,27-25?. The smallest absolute Gasteiger partial charge is 0.271 e. The molecule has 0 bridgehead atoms. The molecule has 0 aliphatic carbocycles. The van der Waals surface area contributed by atoms with Gasteiger partial charge in [0.25, 0.3) is 5.91 Å². The Bertz CT molecular complexity index is 1270. The van der Waals surface area contributed by atoms with Crippen LogP contribution in [0, 0.1) is 13.8 Å². The summed E-state index contributed by atoms with van der Waals surface area (Å²) < 4.78 is 5.19. The molecule has 1 aliphatic rings. The van der Waals surface area contributed by atoms with Crippen molar-refractivity contribution >= 4 is 51.9 Å². The Morgan fingerprint density at radius 3 is 2.44 bits per heavy atom. The summed E-state index contributed by atoms with van der Waals surface area (Å²) in [5.41, 5.74) is 3.90. The van der Waals surface area contributed by atoms with E-state index in [1.165, 1.54) is 24.9 Å². The number of carbonyl (C=O) groups excluding carboxylic acids is 1. The van der Waals surface area contributed by atoms with Crippen molar-refractivity contribution in [2.24, 2.45) is 4.99 Å². The number of halogens is 1. The van der Waals surface area contributed by atoms with E-state index < -0.39 is 0 Å². The van der Waals surface area contributed by atoms with E-state index in [0.717, 1.165) is 22.5 Å². The number of thioether (sulfide) groups is 1. The van der Waals surface area contributed by atoms with E-state index >= 15 is 0 Å². The summed E-state index contributed by atoms with van der Waals surface area (Å²) in [4.78, 5) is 20.3. The first kappa shape index (κ1) is 22.0. The summed E-state index contributed by atoms with van der Waals surface area (Å²) >= 11 is 7.42. The fourth-order valence-electron chi connectivity index (χ4n) is 3.37. The number of aromatic hydroxyl groups is 1. The van der Waals surface area contributed by atoms with E-state index in [9.17, 15) is 9.90 Å². The third-order valence-electron chi connectivity index (χ3n) is 5.07. The summed E-state index contributed by atoms with van der Waals surface area (Å²) in [5, 5.41) is 11.5. The molecule has 1 fully saturated rings. The van der Waals surface area contributed by atoms with Crippen molar-refractivity contribution in [1.29, 1.82) is 0 Å². The van der Waals surface area contributed by atoms with Crippen LogP contribution >= 0.6 is 23.4 Å². The van der Waals surface area contributed by atoms with Gasteiger partial charge in [-0.2, -0.15) is 0 Å². The first-order valence-electron chi connectivity index (χ1n) is 9.89. The van der Waals surface area contributed by atoms with Crippen LogP contribution in [0.5, 0.6) is 11.5 Å². The molecular formula is C25H21ClN2O3S. The molecule has 0 radical (unpaired) electrons. The molecule has 4 rings (SSSR count). The average molecular weight is 465 g/mol. The second-order valence-corrected chi connectivity index (χ2v) is 8.71. The minimum absolute atomic E-state index is 0.0791. The van der Waals surface area contributed by atoms with Gasteiger partial charge in [0.05, 0.1) is 23.4 Å². The quantitative estimate of drug-likeness (QED) is 0.449. The van der Waals surface area contributed by atoms with E-state index in [-0.39, 0.29) is 17.4 Å². The lowest BCUT2D eigenvalue weighted by Crippen LogP contribution is -2.29. The minimum atomic E-state index is -0.227. The van der Waals surface area contributed by atoms with Gasteiger partial charge in [-0.3, -0.25) is 9.69 Å². The molecule has 32 heavy (non-hydrogen) atoms. The monoisotopic (exact) mass is 464 g/mol. The number of para-hydroxylation sites is 2. The molecule has 1 saturated heterocycles. The summed E-state index contributed by atoms with van der Waals surface area (Å²) in [7, 11) is 1.45. The number of phenols is 1. The molecule has 3 aromatic rings. The zero-order valence-corrected chi connectivity index (χ0v) is 19.4. The number of rotatable bonds is 4. The summed E-state index contributed by atoms with van der Waals surface area (Å²) in [6.45, 7) is 3.93. The van der Waals surface area contributed by atoms with Gasteiger partial charge in [-0.15, -0.1) is 0 Å². The van der Waals surface area contributed by atoms with Gasteiger partial charge in [0, 0.05) is 16.7 Å². The van der Waals surface area contributed by atoms with Crippen molar-refractivity contribution in [3.8, 4) is 11.5 Å². The Labute approximate surface area is 196 Å². The van der Waals surface area contributed by atoms with Gasteiger partial charge in [0.1, 0.15) is 0 Å². The lowest BCUT2D eigenvalue weighted by Gasteiger charge is -2.18. The highest BCUT2D eigenvalue weighted by Gasteiger charge is 2.35. The lowest BCUT2D eigenvalue weighted by molar-refractivity contribution is -0.113. The number of amides is 1. The number of hydrogen-bond donors (Lipinski definition) is 1. The number of nitrogens with zero attached hydrogens (tertiary/aromatic N) is 2. The van der Waals surface area contributed by atoms with Crippen LogP contribution in [0.15, 0.2) is 70.6 Å². The first-order chi connectivity index (χ1) is 15.4. The fraction of sp³-hybridized carbons (Fsp3) is 0.120. The van der Waals surface area contributed by atoms with Crippen LogP contribution in [0.25, 0.3) is 6.08 Å². The highest BCUT2D eigenvalue weighted by molar-refractivity contribution is 8.19. The molecule has 5 nitrogen and oxygen atoms in total. The molecular weight excluding hydrogens is 444 g/mol. The molecule has 0 aromatic heterocycles. The topological polar surface area (TPSA) is 62.1 Å². The zero-order valence-electron chi connectivity index (χ0n) is 17.8. The van der Waals surface area contributed by atoms with Gasteiger partial charge in [-0.25, -0.2) is 4.99 Å². The number of carbonyl (C=O) groups is 1. The molecule has 7 heteroatoms. The summed E-state index contributed by atoms with van der Waals surface area (Å²) in [6.07, 6.45) is 1.61. The normalized spacial score (nSPS) is 16.2. The number of methoxy groups -OCH3 is 1. The third-order valence-corrected chi connectivity index (χ3v) is 6.26. The molecule has 0 unspecified atom stereocenters. The number of ether oxygens (including phenoxy) is 1. The van der Waals surface area contributed by atoms with E-state index in [4.69, 9.17) is 21.3 Å². The predicted molar refractivity (Wildman–Crippen MR) is 132 cm³/mol. The summed E-state index contributed by atoms with van der Waals surface area (Å²) in [6, 6.07) is 18.5. The van der Waals surface area contributed by atoms with Crippen LogP contribution in [0.2, 0.25) is 5.02 Å². The van der Waals surface area contributed by atoms with Crippen molar-refractivity contribution in [3.63, 3.8) is 0 Å². The summed E-state index contributed by atoms with van der Waals surface area (Å²) in [5.74, 6) is -0.0659. The van der Waals surface area contributed by atoms with E-state index in [1.54, 1.807) is 17.0 Å². The van der Waals surface area contributed by atoms with Gasteiger partial charge in [-0.05, 0) is 61.0 Å². The van der Waals surface area contributed by atoms with Gasteiger partial charge >= 0.3 is 0 Å². The molecule has 0 spiro atoms. The van der Waals surface area contributed by atoms with Crippen molar-refractivity contribution in [1.82, 2.24) is 0 Å². The number of anilines is 1. The Morgan fingerprint density at radius 2 is 1.75 bits per heavy atom. The fourth-order valence-corrected chi connectivity index (χ4v) is 4.56. The van der Waals surface area contributed by atoms with Crippen LogP contribution in [-0.2, 0) is 4.79 Å². The van der Waals surface area contributed by atoms with Crippen LogP contribution in [0.4, 0.5) is 11.4 Å². The maximum Gasteiger partial charge on any atom is 0.271 e. The Morgan fingerprint density at radius 1 is 1.06 bits per heavy atom. The molecule has 0 saturated carbocycles. The number of amidine groups is 1. The molecule has 3 aromatic carbocycles. The van der Waals surface area contributed by atoms with E-state index in [2.05, 4.69) is 0 Å². The van der Waals surface area contributed by atoms with E-state index in [0.29, 0.717) is 20.7 Å². The van der Waals surface area contributed by atoms with Crippen LogP contribution in [0.1, 0.15) is 16.7 Å². The number of benzene rings is 3. The molecule has 162 valence electrons. The van der Waals surface area contributed by atoms with Gasteiger partial charge in [0.2, 0.25) is 0 Å². The second kappa shape index (κ2) is 9.10. The Balaban J connectivity index is 1.85. The highest BCUT2D eigenvalue weighted by Crippen LogP contribution is 2.41. The Hall–Kier alpha value is -3.22. The average Bonchev–Trinajstić information content (AvgIpc) is 3.07. The first-order valence-corrected chi connectivity index (χ1v) is 11.1. The van der Waals surface area contributed by atoms with Gasteiger partial charge in [-0.1, -0.05) is 48.0 Å². The lowest BCUT2D eigenvalue weighted by atomic mass is 10.1. The van der Waals surface area contributed by atoms with Gasteiger partial charge in [0.15, 0.2) is 16.7 Å². The molecule has 0 atom stereocenters. The molecule has 1 N–H and O–H groups in total. The number of aryl methyl sites for hydroxylation is 2. The van der Waals surface area contributed by atoms with Crippen LogP contribution < -0.4 is 9.64 Å². The minimum Gasteiger partial charge on any atom is -0.504 e. The zero-order chi connectivity index (χ0) is 22.8. The van der Waals surface area contributed by atoms with Crippen molar-refractivity contribution < 1.29 is 14.6 Å². The largest absolute Gasteiger partial charge is 0.504 e. The Kier molecular flexibility index (Phi) is 6.26. The van der Waals surface area contributed by atoms with Crippen molar-refractivity contribution in [2.45, 2.75) is 13.8 Å². The van der Waals surface area contributed by atoms with Gasteiger partial charge < -0.3 is 9.84 Å². The number of hydrogen-bond acceptors (Lipinski definition) is 5. The maximum absolute atomic E-state index is 13.5. The molecule has 1 amide bonds. The van der Waals surface area contributed by atoms with Crippen molar-refractivity contribution in [3.05, 3.63) is 87.3 Å². The SMILES string of the molecule is COc1cc(Cl)cc(/C=C2\SC(=Nc3ccccc3C)N(c3ccccc3C)C2=O)c1O. The van der Waals surface area contributed by atoms with Crippen LogP contribution in [0.3, 0.4) is 0 Å².